The van der Waals surface area contributed by atoms with Gasteiger partial charge in [-0.05, 0) is 43.9 Å². The van der Waals surface area contributed by atoms with Crippen LogP contribution in [0.2, 0.25) is 0 Å². The molecule has 0 radical (unpaired) electrons. The van der Waals surface area contributed by atoms with Crippen molar-refractivity contribution in [1.82, 2.24) is 5.32 Å². The SMILES string of the molecule is CC(NC(=O)C1CC2CCC1O2)C(O)c1ccc(F)cc1. The van der Waals surface area contributed by atoms with E-state index in [1.54, 1.807) is 6.92 Å². The van der Waals surface area contributed by atoms with Crippen LogP contribution in [-0.4, -0.2) is 29.3 Å². The highest BCUT2D eigenvalue weighted by atomic mass is 19.1. The van der Waals surface area contributed by atoms with E-state index in [0.29, 0.717) is 5.56 Å². The molecule has 114 valence electrons. The predicted molar refractivity (Wildman–Crippen MR) is 75.0 cm³/mol. The molecule has 2 aliphatic heterocycles. The lowest BCUT2D eigenvalue weighted by Crippen LogP contribution is -2.43. The number of amides is 1. The number of nitrogens with one attached hydrogen (secondary N) is 1. The summed E-state index contributed by atoms with van der Waals surface area (Å²) in [5.74, 6) is -0.510. The molecule has 2 saturated heterocycles. The lowest BCUT2D eigenvalue weighted by atomic mass is 9.88. The van der Waals surface area contributed by atoms with Crippen molar-refractivity contribution in [3.05, 3.63) is 35.6 Å². The van der Waals surface area contributed by atoms with Gasteiger partial charge in [-0.2, -0.15) is 0 Å². The molecule has 1 amide bonds. The van der Waals surface area contributed by atoms with Crippen LogP contribution in [0, 0.1) is 11.7 Å². The summed E-state index contributed by atoms with van der Waals surface area (Å²) in [4.78, 5) is 12.3. The van der Waals surface area contributed by atoms with Gasteiger partial charge in [-0.25, -0.2) is 4.39 Å². The Balaban J connectivity index is 1.59. The number of aliphatic hydroxyl groups is 1. The van der Waals surface area contributed by atoms with Crippen molar-refractivity contribution in [3.63, 3.8) is 0 Å². The largest absolute Gasteiger partial charge is 0.386 e. The minimum Gasteiger partial charge on any atom is -0.386 e. The van der Waals surface area contributed by atoms with Crippen molar-refractivity contribution < 1.29 is 19.0 Å². The molecule has 1 aromatic carbocycles. The van der Waals surface area contributed by atoms with Gasteiger partial charge in [0.2, 0.25) is 5.91 Å². The summed E-state index contributed by atoms with van der Waals surface area (Å²) in [6, 6.07) is 5.24. The van der Waals surface area contributed by atoms with Crippen LogP contribution in [0.15, 0.2) is 24.3 Å². The van der Waals surface area contributed by atoms with Crippen molar-refractivity contribution in [3.8, 4) is 0 Å². The van der Waals surface area contributed by atoms with Crippen LogP contribution in [0.5, 0.6) is 0 Å². The summed E-state index contributed by atoms with van der Waals surface area (Å²) >= 11 is 0. The molecule has 3 rings (SSSR count). The predicted octanol–water partition coefficient (Wildman–Crippen LogP) is 1.93. The molecule has 4 nitrogen and oxygen atoms in total. The van der Waals surface area contributed by atoms with Crippen molar-refractivity contribution in [1.29, 1.82) is 0 Å². The monoisotopic (exact) mass is 293 g/mol. The van der Waals surface area contributed by atoms with Crippen molar-refractivity contribution in [2.45, 2.75) is 50.5 Å². The highest BCUT2D eigenvalue weighted by Gasteiger charge is 2.44. The van der Waals surface area contributed by atoms with Crippen LogP contribution in [0.1, 0.15) is 37.9 Å². The van der Waals surface area contributed by atoms with E-state index in [0.717, 1.165) is 19.3 Å². The molecular formula is C16H20FNO3. The zero-order valence-corrected chi connectivity index (χ0v) is 12.0. The molecule has 5 atom stereocenters. The van der Waals surface area contributed by atoms with Gasteiger partial charge in [0.25, 0.3) is 0 Å². The molecule has 2 aliphatic rings. The van der Waals surface area contributed by atoms with Crippen LogP contribution < -0.4 is 5.32 Å². The molecule has 0 aromatic heterocycles. The Kier molecular flexibility index (Phi) is 3.95. The quantitative estimate of drug-likeness (QED) is 0.892. The van der Waals surface area contributed by atoms with Crippen molar-refractivity contribution >= 4 is 5.91 Å². The topological polar surface area (TPSA) is 58.6 Å². The number of hydrogen-bond acceptors (Lipinski definition) is 3. The highest BCUT2D eigenvalue weighted by Crippen LogP contribution is 2.38. The van der Waals surface area contributed by atoms with Gasteiger partial charge in [-0.15, -0.1) is 0 Å². The molecule has 5 heteroatoms. The maximum absolute atomic E-state index is 12.9. The molecule has 21 heavy (non-hydrogen) atoms. The number of fused-ring (bicyclic) bond motifs is 2. The fraction of sp³-hybridized carbons (Fsp3) is 0.562. The second kappa shape index (κ2) is 5.73. The summed E-state index contributed by atoms with van der Waals surface area (Å²) in [5, 5.41) is 13.1. The highest BCUT2D eigenvalue weighted by molar-refractivity contribution is 5.80. The number of halogens is 1. The van der Waals surface area contributed by atoms with E-state index in [9.17, 15) is 14.3 Å². The van der Waals surface area contributed by atoms with E-state index >= 15 is 0 Å². The Morgan fingerprint density at radius 1 is 1.38 bits per heavy atom. The molecule has 5 unspecified atom stereocenters. The number of carbonyl (C=O) groups excluding carboxylic acids is 1. The molecule has 2 N–H and O–H groups in total. The zero-order valence-electron chi connectivity index (χ0n) is 12.0. The smallest absolute Gasteiger partial charge is 0.226 e. The molecule has 1 aromatic rings. The third-order valence-corrected chi connectivity index (χ3v) is 4.50. The first-order chi connectivity index (χ1) is 10.0. The Morgan fingerprint density at radius 3 is 2.67 bits per heavy atom. The van der Waals surface area contributed by atoms with Crippen LogP contribution >= 0.6 is 0 Å². The number of rotatable bonds is 4. The first-order valence-corrected chi connectivity index (χ1v) is 7.44. The Labute approximate surface area is 123 Å². The minimum absolute atomic E-state index is 0.0326. The molecular weight excluding hydrogens is 273 g/mol. The summed E-state index contributed by atoms with van der Waals surface area (Å²) < 4.78 is 18.6. The van der Waals surface area contributed by atoms with Crippen molar-refractivity contribution in [2.24, 2.45) is 5.92 Å². The Morgan fingerprint density at radius 2 is 2.10 bits per heavy atom. The number of benzene rings is 1. The van der Waals surface area contributed by atoms with Crippen LogP contribution in [0.4, 0.5) is 4.39 Å². The maximum atomic E-state index is 12.9. The van der Waals surface area contributed by atoms with Gasteiger partial charge in [0, 0.05) is 0 Å². The fourth-order valence-corrected chi connectivity index (χ4v) is 3.27. The average Bonchev–Trinajstić information content (AvgIpc) is 3.10. The summed E-state index contributed by atoms with van der Waals surface area (Å²) in [6.45, 7) is 1.75. The lowest BCUT2D eigenvalue weighted by molar-refractivity contribution is -0.128. The Bertz CT molecular complexity index is 519. The van der Waals surface area contributed by atoms with Crippen LogP contribution in [0.3, 0.4) is 0 Å². The van der Waals surface area contributed by atoms with Gasteiger partial charge in [0.15, 0.2) is 0 Å². The van der Waals surface area contributed by atoms with Gasteiger partial charge in [0.1, 0.15) is 5.82 Å². The molecule has 0 aliphatic carbocycles. The van der Waals surface area contributed by atoms with Gasteiger partial charge in [-0.1, -0.05) is 12.1 Å². The van der Waals surface area contributed by atoms with E-state index in [1.807, 2.05) is 0 Å². The van der Waals surface area contributed by atoms with E-state index in [1.165, 1.54) is 24.3 Å². The van der Waals surface area contributed by atoms with E-state index in [-0.39, 0.29) is 29.9 Å². The van der Waals surface area contributed by atoms with E-state index < -0.39 is 12.1 Å². The number of ether oxygens (including phenoxy) is 1. The fourth-order valence-electron chi connectivity index (χ4n) is 3.27. The van der Waals surface area contributed by atoms with Crippen molar-refractivity contribution in [2.75, 3.05) is 0 Å². The molecule has 2 fully saturated rings. The summed E-state index contributed by atoms with van der Waals surface area (Å²) in [6.07, 6.45) is 2.16. The van der Waals surface area contributed by atoms with Gasteiger partial charge in [-0.3, -0.25) is 4.79 Å². The third-order valence-electron chi connectivity index (χ3n) is 4.50. The second-order valence-electron chi connectivity index (χ2n) is 6.01. The summed E-state index contributed by atoms with van der Waals surface area (Å²) in [7, 11) is 0. The van der Waals surface area contributed by atoms with Crippen LogP contribution in [-0.2, 0) is 9.53 Å². The van der Waals surface area contributed by atoms with Gasteiger partial charge < -0.3 is 15.2 Å². The number of aliphatic hydroxyl groups excluding tert-OH is 1. The van der Waals surface area contributed by atoms with Gasteiger partial charge in [0.05, 0.1) is 30.3 Å². The number of hydrogen-bond donors (Lipinski definition) is 2. The minimum atomic E-state index is -0.853. The van der Waals surface area contributed by atoms with E-state index in [4.69, 9.17) is 4.74 Å². The molecule has 2 bridgehead atoms. The van der Waals surface area contributed by atoms with E-state index in [2.05, 4.69) is 5.32 Å². The Hall–Kier alpha value is -1.46. The molecule has 0 spiro atoms. The lowest BCUT2D eigenvalue weighted by Gasteiger charge is -2.24. The first-order valence-electron chi connectivity index (χ1n) is 7.44. The standard InChI is InChI=1S/C16H20FNO3/c1-9(15(19)10-2-4-11(17)5-3-10)18-16(20)13-8-12-6-7-14(13)21-12/h2-5,9,12-15,19H,6-8H2,1H3,(H,18,20). The number of carbonyl (C=O) groups is 1. The summed E-state index contributed by atoms with van der Waals surface area (Å²) in [5.41, 5.74) is 0.591. The van der Waals surface area contributed by atoms with Gasteiger partial charge >= 0.3 is 0 Å². The molecule has 2 heterocycles. The normalized spacial score (nSPS) is 30.1. The van der Waals surface area contributed by atoms with Crippen LogP contribution in [0.25, 0.3) is 0 Å². The second-order valence-corrected chi connectivity index (χ2v) is 6.01. The maximum Gasteiger partial charge on any atom is 0.226 e. The first kappa shape index (κ1) is 14.5. The molecule has 0 saturated carbocycles. The third kappa shape index (κ3) is 2.94. The zero-order chi connectivity index (χ0) is 15.0. The average molecular weight is 293 g/mol.